The van der Waals surface area contributed by atoms with Gasteiger partial charge >= 0.3 is 0 Å². The minimum Gasteiger partial charge on any atom is -0.496 e. The van der Waals surface area contributed by atoms with Crippen LogP contribution in [0.1, 0.15) is 17.2 Å². The first kappa shape index (κ1) is 15.4. The number of para-hydroxylation sites is 1. The predicted molar refractivity (Wildman–Crippen MR) is 96.4 cm³/mol. The molecule has 1 atom stereocenters. The Morgan fingerprint density at radius 3 is 2.72 bits per heavy atom. The highest BCUT2D eigenvalue weighted by Crippen LogP contribution is 2.35. The van der Waals surface area contributed by atoms with Crippen LogP contribution in [0.15, 0.2) is 67.3 Å². The van der Waals surface area contributed by atoms with Gasteiger partial charge in [0.15, 0.2) is 0 Å². The summed E-state index contributed by atoms with van der Waals surface area (Å²) in [7, 11) is 1.66. The molecular formula is C20H17N3O2. The summed E-state index contributed by atoms with van der Waals surface area (Å²) in [5.41, 5.74) is 4.18. The van der Waals surface area contributed by atoms with Gasteiger partial charge in [-0.3, -0.25) is 4.98 Å². The van der Waals surface area contributed by atoms with Gasteiger partial charge in [0.2, 0.25) is 0 Å². The highest BCUT2D eigenvalue weighted by molar-refractivity contribution is 5.95. The Morgan fingerprint density at radius 1 is 1.04 bits per heavy atom. The molecule has 0 amide bonds. The van der Waals surface area contributed by atoms with Crippen LogP contribution < -0.4 is 4.74 Å². The van der Waals surface area contributed by atoms with Gasteiger partial charge < -0.3 is 14.8 Å². The number of H-pyrrole nitrogens is 1. The number of benzene rings is 1. The van der Waals surface area contributed by atoms with Crippen LogP contribution in [0.2, 0.25) is 0 Å². The van der Waals surface area contributed by atoms with Gasteiger partial charge in [-0.1, -0.05) is 24.3 Å². The fraction of sp³-hybridized carbons (Fsp3) is 0.100. The van der Waals surface area contributed by atoms with Crippen molar-refractivity contribution < 1.29 is 9.84 Å². The number of nitrogens with one attached hydrogen (secondary N) is 1. The summed E-state index contributed by atoms with van der Waals surface area (Å²) in [5.74, 6) is 0.793. The smallest absolute Gasteiger partial charge is 0.137 e. The second-order valence-electron chi connectivity index (χ2n) is 5.76. The minimum atomic E-state index is -0.772. The van der Waals surface area contributed by atoms with Crippen LogP contribution in [0.3, 0.4) is 0 Å². The molecule has 4 rings (SSSR count). The van der Waals surface area contributed by atoms with E-state index in [4.69, 9.17) is 4.74 Å². The Kier molecular flexibility index (Phi) is 3.91. The van der Waals surface area contributed by atoms with Crippen LogP contribution in [0.4, 0.5) is 0 Å². The van der Waals surface area contributed by atoms with Gasteiger partial charge in [-0.2, -0.15) is 0 Å². The number of nitrogens with zero attached hydrogens (tertiary/aromatic N) is 2. The van der Waals surface area contributed by atoms with Crippen molar-refractivity contribution in [2.24, 2.45) is 0 Å². The van der Waals surface area contributed by atoms with Crippen LogP contribution in [-0.4, -0.2) is 27.2 Å². The molecule has 0 spiro atoms. The molecule has 0 aliphatic carbocycles. The molecule has 0 radical (unpaired) electrons. The lowest BCUT2D eigenvalue weighted by molar-refractivity contribution is 0.219. The summed E-state index contributed by atoms with van der Waals surface area (Å²) in [6.07, 6.45) is 6.17. The average Bonchev–Trinajstić information content (AvgIpc) is 3.11. The SMILES string of the molecule is COc1ccccc1-c1c[nH]c2ncc(C(O)c3cccnc3)cc12. The summed E-state index contributed by atoms with van der Waals surface area (Å²) >= 11 is 0. The molecule has 2 N–H and O–H groups in total. The Hall–Kier alpha value is -3.18. The standard InChI is InChI=1S/C20H17N3O2/c1-25-18-7-3-2-6-15(18)17-12-23-20-16(17)9-14(11-22-20)19(24)13-5-4-8-21-10-13/h2-12,19,24H,1H3,(H,22,23). The Morgan fingerprint density at radius 2 is 1.92 bits per heavy atom. The van der Waals surface area contributed by atoms with Gasteiger partial charge in [-0.15, -0.1) is 0 Å². The van der Waals surface area contributed by atoms with Crippen molar-refractivity contribution in [3.05, 3.63) is 78.4 Å². The lowest BCUT2D eigenvalue weighted by atomic mass is 10.0. The molecule has 0 saturated carbocycles. The van der Waals surface area contributed by atoms with Crippen LogP contribution in [0.5, 0.6) is 5.75 Å². The van der Waals surface area contributed by atoms with Crippen molar-refractivity contribution in [2.75, 3.05) is 7.11 Å². The van der Waals surface area contributed by atoms with Crippen LogP contribution in [-0.2, 0) is 0 Å². The first-order chi connectivity index (χ1) is 12.3. The number of hydrogen-bond donors (Lipinski definition) is 2. The Bertz CT molecular complexity index is 1010. The number of rotatable bonds is 4. The second kappa shape index (κ2) is 6.37. The van der Waals surface area contributed by atoms with E-state index < -0.39 is 6.10 Å². The molecule has 4 aromatic rings. The van der Waals surface area contributed by atoms with E-state index in [0.717, 1.165) is 39.0 Å². The van der Waals surface area contributed by atoms with Crippen LogP contribution in [0, 0.1) is 0 Å². The fourth-order valence-electron chi connectivity index (χ4n) is 2.99. The largest absolute Gasteiger partial charge is 0.496 e. The van der Waals surface area contributed by atoms with E-state index in [1.807, 2.05) is 42.6 Å². The number of aliphatic hydroxyl groups is 1. The zero-order valence-corrected chi connectivity index (χ0v) is 13.7. The molecule has 0 aliphatic heterocycles. The third-order valence-electron chi connectivity index (χ3n) is 4.27. The molecule has 3 aromatic heterocycles. The van der Waals surface area contributed by atoms with E-state index in [0.29, 0.717) is 0 Å². The topological polar surface area (TPSA) is 71.0 Å². The number of pyridine rings is 2. The van der Waals surface area contributed by atoms with Gasteiger partial charge in [0, 0.05) is 52.4 Å². The maximum Gasteiger partial charge on any atom is 0.137 e. The molecule has 3 heterocycles. The number of fused-ring (bicyclic) bond motifs is 1. The molecule has 0 saturated heterocycles. The third-order valence-corrected chi connectivity index (χ3v) is 4.27. The number of ether oxygens (including phenoxy) is 1. The molecular weight excluding hydrogens is 314 g/mol. The highest BCUT2D eigenvalue weighted by atomic mass is 16.5. The predicted octanol–water partition coefficient (Wildman–Crippen LogP) is 3.72. The number of aliphatic hydroxyl groups excluding tert-OH is 1. The number of aromatic nitrogens is 3. The summed E-state index contributed by atoms with van der Waals surface area (Å²) < 4.78 is 5.47. The third kappa shape index (κ3) is 2.75. The molecule has 0 aliphatic rings. The molecule has 25 heavy (non-hydrogen) atoms. The van der Waals surface area contributed by atoms with Crippen molar-refractivity contribution in [2.45, 2.75) is 6.10 Å². The molecule has 5 nitrogen and oxygen atoms in total. The van der Waals surface area contributed by atoms with Crippen molar-refractivity contribution >= 4 is 11.0 Å². The van der Waals surface area contributed by atoms with E-state index in [2.05, 4.69) is 15.0 Å². The van der Waals surface area contributed by atoms with Crippen LogP contribution in [0.25, 0.3) is 22.2 Å². The molecule has 1 aromatic carbocycles. The number of methoxy groups -OCH3 is 1. The minimum absolute atomic E-state index is 0.719. The lowest BCUT2D eigenvalue weighted by Gasteiger charge is -2.11. The van der Waals surface area contributed by atoms with E-state index in [-0.39, 0.29) is 0 Å². The normalized spacial score (nSPS) is 12.2. The van der Waals surface area contributed by atoms with Gasteiger partial charge in [0.05, 0.1) is 7.11 Å². The average molecular weight is 331 g/mol. The number of aromatic amines is 1. The maximum absolute atomic E-state index is 10.6. The molecule has 0 fully saturated rings. The molecule has 0 bridgehead atoms. The van der Waals surface area contributed by atoms with E-state index in [9.17, 15) is 5.11 Å². The number of hydrogen-bond acceptors (Lipinski definition) is 4. The molecule has 1 unspecified atom stereocenters. The Balaban J connectivity index is 1.83. The zero-order chi connectivity index (χ0) is 17.2. The Labute approximate surface area is 145 Å². The second-order valence-corrected chi connectivity index (χ2v) is 5.76. The maximum atomic E-state index is 10.6. The van der Waals surface area contributed by atoms with Gasteiger partial charge in [0.25, 0.3) is 0 Å². The van der Waals surface area contributed by atoms with Gasteiger partial charge in [-0.25, -0.2) is 4.98 Å². The van der Waals surface area contributed by atoms with Crippen molar-refractivity contribution in [1.82, 2.24) is 15.0 Å². The van der Waals surface area contributed by atoms with Gasteiger partial charge in [0.1, 0.15) is 17.5 Å². The zero-order valence-electron chi connectivity index (χ0n) is 13.7. The summed E-state index contributed by atoms with van der Waals surface area (Å²) in [5, 5.41) is 11.6. The lowest BCUT2D eigenvalue weighted by Crippen LogP contribution is -2.00. The quantitative estimate of drug-likeness (QED) is 0.598. The monoisotopic (exact) mass is 331 g/mol. The summed E-state index contributed by atoms with van der Waals surface area (Å²) in [6.45, 7) is 0. The first-order valence-electron chi connectivity index (χ1n) is 7.96. The van der Waals surface area contributed by atoms with Gasteiger partial charge in [-0.05, 0) is 18.2 Å². The molecule has 124 valence electrons. The van der Waals surface area contributed by atoms with Crippen molar-refractivity contribution in [3.63, 3.8) is 0 Å². The van der Waals surface area contributed by atoms with Crippen molar-refractivity contribution in [1.29, 1.82) is 0 Å². The first-order valence-corrected chi connectivity index (χ1v) is 7.96. The molecule has 5 heteroatoms. The van der Waals surface area contributed by atoms with E-state index in [1.165, 1.54) is 0 Å². The highest BCUT2D eigenvalue weighted by Gasteiger charge is 2.16. The van der Waals surface area contributed by atoms with Crippen molar-refractivity contribution in [3.8, 4) is 16.9 Å². The summed E-state index contributed by atoms with van der Waals surface area (Å²) in [4.78, 5) is 11.7. The summed E-state index contributed by atoms with van der Waals surface area (Å²) in [6, 6.07) is 13.5. The fourth-order valence-corrected chi connectivity index (χ4v) is 2.99. The van der Waals surface area contributed by atoms with E-state index >= 15 is 0 Å². The van der Waals surface area contributed by atoms with E-state index in [1.54, 1.807) is 31.8 Å². The van der Waals surface area contributed by atoms with Crippen LogP contribution >= 0.6 is 0 Å².